The second-order valence-electron chi connectivity index (χ2n) is 4.53. The molecule has 0 heterocycles. The summed E-state index contributed by atoms with van der Waals surface area (Å²) in [5, 5.41) is 3.02. The van der Waals surface area contributed by atoms with Crippen molar-refractivity contribution in [2.24, 2.45) is 10.7 Å². The zero-order chi connectivity index (χ0) is 13.7. The van der Waals surface area contributed by atoms with Gasteiger partial charge < -0.3 is 11.1 Å². The van der Waals surface area contributed by atoms with Gasteiger partial charge in [-0.3, -0.25) is 0 Å². The van der Waals surface area contributed by atoms with E-state index in [0.717, 1.165) is 10.0 Å². The molecular formula is C14H20BrN3. The molecule has 0 aromatic heterocycles. The monoisotopic (exact) mass is 309 g/mol. The number of nitrogens with zero attached hydrogens (tertiary/aromatic N) is 1. The van der Waals surface area contributed by atoms with Crippen LogP contribution in [0.3, 0.4) is 0 Å². The van der Waals surface area contributed by atoms with Crippen molar-refractivity contribution in [3.05, 3.63) is 45.4 Å². The third kappa shape index (κ3) is 4.53. The maximum Gasteiger partial charge on any atom is 0.189 e. The molecule has 0 saturated carbocycles. The Morgan fingerprint density at radius 2 is 1.94 bits per heavy atom. The zero-order valence-corrected chi connectivity index (χ0v) is 12.8. The first-order chi connectivity index (χ1) is 8.40. The fraction of sp³-hybridized carbons (Fsp3) is 0.357. The summed E-state index contributed by atoms with van der Waals surface area (Å²) < 4.78 is 1.10. The first-order valence-electron chi connectivity index (χ1n) is 5.84. The standard InChI is InChI=1S/C14H20BrN3/c1-9(2)7-17-14(16)18-8-13-10(3)5-12(15)6-11(13)4/h5-6H,1,7-8H2,2-4H3,(H3,16,17,18). The van der Waals surface area contributed by atoms with Crippen molar-refractivity contribution >= 4 is 21.9 Å². The summed E-state index contributed by atoms with van der Waals surface area (Å²) in [7, 11) is 0. The molecule has 98 valence electrons. The van der Waals surface area contributed by atoms with E-state index in [1.807, 2.05) is 6.92 Å². The van der Waals surface area contributed by atoms with Crippen LogP contribution in [0.1, 0.15) is 23.6 Å². The van der Waals surface area contributed by atoms with Crippen molar-refractivity contribution in [3.63, 3.8) is 0 Å². The highest BCUT2D eigenvalue weighted by atomic mass is 79.9. The number of nitrogens with one attached hydrogen (secondary N) is 1. The molecule has 18 heavy (non-hydrogen) atoms. The minimum absolute atomic E-state index is 0.458. The summed E-state index contributed by atoms with van der Waals surface area (Å²) in [5.74, 6) is 0.458. The molecular weight excluding hydrogens is 290 g/mol. The summed E-state index contributed by atoms with van der Waals surface area (Å²) >= 11 is 3.49. The number of hydrogen-bond donors (Lipinski definition) is 2. The number of aryl methyl sites for hydroxylation is 2. The van der Waals surface area contributed by atoms with Crippen molar-refractivity contribution in [2.45, 2.75) is 27.3 Å². The van der Waals surface area contributed by atoms with Crippen LogP contribution in [0, 0.1) is 13.8 Å². The van der Waals surface area contributed by atoms with Crippen molar-refractivity contribution in [1.82, 2.24) is 5.32 Å². The van der Waals surface area contributed by atoms with Gasteiger partial charge in [0.1, 0.15) is 0 Å². The van der Waals surface area contributed by atoms with Gasteiger partial charge in [-0.1, -0.05) is 28.1 Å². The molecule has 0 saturated heterocycles. The normalized spacial score (nSPS) is 11.4. The molecule has 0 aliphatic heterocycles. The maximum absolute atomic E-state index is 5.79. The van der Waals surface area contributed by atoms with Crippen molar-refractivity contribution in [2.75, 3.05) is 6.54 Å². The highest BCUT2D eigenvalue weighted by Gasteiger charge is 2.03. The van der Waals surface area contributed by atoms with Crippen LogP contribution in [0.15, 0.2) is 33.7 Å². The largest absolute Gasteiger partial charge is 0.370 e. The number of benzene rings is 1. The SMILES string of the molecule is C=C(C)CNC(N)=NCc1c(C)cc(Br)cc1C. The molecule has 1 rings (SSSR count). The Balaban J connectivity index is 2.74. The second-order valence-corrected chi connectivity index (χ2v) is 5.45. The fourth-order valence-electron chi connectivity index (χ4n) is 1.65. The lowest BCUT2D eigenvalue weighted by molar-refractivity contribution is 0.932. The third-order valence-electron chi connectivity index (χ3n) is 2.64. The Morgan fingerprint density at radius 3 is 2.44 bits per heavy atom. The lowest BCUT2D eigenvalue weighted by atomic mass is 10.0. The van der Waals surface area contributed by atoms with Gasteiger partial charge >= 0.3 is 0 Å². The van der Waals surface area contributed by atoms with Crippen LogP contribution in [0.25, 0.3) is 0 Å². The molecule has 3 N–H and O–H groups in total. The molecule has 1 aromatic rings. The van der Waals surface area contributed by atoms with Gasteiger partial charge in [0.25, 0.3) is 0 Å². The van der Waals surface area contributed by atoms with Crippen LogP contribution in [-0.2, 0) is 6.54 Å². The number of aliphatic imine (C=N–C) groups is 1. The lowest BCUT2D eigenvalue weighted by Gasteiger charge is -2.09. The molecule has 0 fully saturated rings. The molecule has 0 spiro atoms. The van der Waals surface area contributed by atoms with E-state index in [4.69, 9.17) is 5.73 Å². The van der Waals surface area contributed by atoms with Gasteiger partial charge in [0, 0.05) is 11.0 Å². The van der Waals surface area contributed by atoms with Crippen LogP contribution < -0.4 is 11.1 Å². The predicted molar refractivity (Wildman–Crippen MR) is 81.8 cm³/mol. The number of hydrogen-bond acceptors (Lipinski definition) is 1. The molecule has 0 radical (unpaired) electrons. The minimum atomic E-state index is 0.458. The quantitative estimate of drug-likeness (QED) is 0.510. The molecule has 3 nitrogen and oxygen atoms in total. The van der Waals surface area contributed by atoms with E-state index in [1.165, 1.54) is 16.7 Å². The Bertz CT molecular complexity index is 455. The van der Waals surface area contributed by atoms with Gasteiger partial charge in [-0.2, -0.15) is 0 Å². The fourth-order valence-corrected chi connectivity index (χ4v) is 2.34. The molecule has 0 atom stereocenters. The minimum Gasteiger partial charge on any atom is -0.370 e. The van der Waals surface area contributed by atoms with Gasteiger partial charge in [0.05, 0.1) is 6.54 Å². The molecule has 0 aliphatic rings. The second kappa shape index (κ2) is 6.59. The van der Waals surface area contributed by atoms with Crippen molar-refractivity contribution in [1.29, 1.82) is 0 Å². The van der Waals surface area contributed by atoms with Crippen molar-refractivity contribution in [3.8, 4) is 0 Å². The summed E-state index contributed by atoms with van der Waals surface area (Å²) in [6.45, 7) is 11.2. The number of halogens is 1. The predicted octanol–water partition coefficient (Wildman–Crippen LogP) is 3.05. The van der Waals surface area contributed by atoms with Gasteiger partial charge in [-0.15, -0.1) is 0 Å². The highest BCUT2D eigenvalue weighted by molar-refractivity contribution is 9.10. The van der Waals surface area contributed by atoms with Gasteiger partial charge in [-0.05, 0) is 49.6 Å². The van der Waals surface area contributed by atoms with Crippen LogP contribution >= 0.6 is 15.9 Å². The third-order valence-corrected chi connectivity index (χ3v) is 3.10. The maximum atomic E-state index is 5.79. The van der Waals surface area contributed by atoms with Gasteiger partial charge in [0.15, 0.2) is 5.96 Å². The lowest BCUT2D eigenvalue weighted by Crippen LogP contribution is -2.32. The van der Waals surface area contributed by atoms with E-state index < -0.39 is 0 Å². The Hall–Kier alpha value is -1.29. The van der Waals surface area contributed by atoms with E-state index in [2.05, 4.69) is 58.8 Å². The van der Waals surface area contributed by atoms with Crippen LogP contribution in [0.5, 0.6) is 0 Å². The molecule has 0 amide bonds. The number of guanidine groups is 1. The summed E-state index contributed by atoms with van der Waals surface area (Å²) in [6.07, 6.45) is 0. The van der Waals surface area contributed by atoms with E-state index in [1.54, 1.807) is 0 Å². The Morgan fingerprint density at radius 1 is 1.39 bits per heavy atom. The van der Waals surface area contributed by atoms with Crippen LogP contribution in [0.2, 0.25) is 0 Å². The first kappa shape index (κ1) is 14.8. The number of rotatable bonds is 4. The molecule has 0 aliphatic carbocycles. The van der Waals surface area contributed by atoms with E-state index >= 15 is 0 Å². The molecule has 0 bridgehead atoms. The van der Waals surface area contributed by atoms with E-state index in [9.17, 15) is 0 Å². The number of nitrogens with two attached hydrogens (primary N) is 1. The Labute approximate surface area is 117 Å². The van der Waals surface area contributed by atoms with Crippen LogP contribution in [-0.4, -0.2) is 12.5 Å². The molecule has 1 aromatic carbocycles. The van der Waals surface area contributed by atoms with E-state index in [-0.39, 0.29) is 0 Å². The Kier molecular flexibility index (Phi) is 5.41. The highest BCUT2D eigenvalue weighted by Crippen LogP contribution is 2.21. The summed E-state index contributed by atoms with van der Waals surface area (Å²) in [5.41, 5.74) is 10.5. The van der Waals surface area contributed by atoms with Gasteiger partial charge in [0.2, 0.25) is 0 Å². The smallest absolute Gasteiger partial charge is 0.189 e. The molecule has 4 heteroatoms. The summed E-state index contributed by atoms with van der Waals surface area (Å²) in [6, 6.07) is 4.19. The van der Waals surface area contributed by atoms with Crippen molar-refractivity contribution < 1.29 is 0 Å². The summed E-state index contributed by atoms with van der Waals surface area (Å²) in [4.78, 5) is 4.34. The average molecular weight is 310 g/mol. The average Bonchev–Trinajstić information content (AvgIpc) is 2.24. The van der Waals surface area contributed by atoms with Crippen LogP contribution in [0.4, 0.5) is 0 Å². The van der Waals surface area contributed by atoms with E-state index in [0.29, 0.717) is 19.0 Å². The topological polar surface area (TPSA) is 50.4 Å². The van der Waals surface area contributed by atoms with Gasteiger partial charge in [-0.25, -0.2) is 4.99 Å². The first-order valence-corrected chi connectivity index (χ1v) is 6.63. The zero-order valence-electron chi connectivity index (χ0n) is 11.2. The molecule has 0 unspecified atom stereocenters.